The van der Waals surface area contributed by atoms with Crippen LogP contribution in [0.25, 0.3) is 0 Å². The molecule has 0 bridgehead atoms. The van der Waals surface area contributed by atoms with E-state index in [2.05, 4.69) is 31.0 Å². The summed E-state index contributed by atoms with van der Waals surface area (Å²) in [6.07, 6.45) is 6.13. The molecular weight excluding hydrogens is 224 g/mol. The summed E-state index contributed by atoms with van der Waals surface area (Å²) in [5.74, 6) is 0.647. The Kier molecular flexibility index (Phi) is 7.20. The highest BCUT2D eigenvalue weighted by molar-refractivity contribution is 4.98. The predicted molar refractivity (Wildman–Crippen MR) is 77.9 cm³/mol. The fourth-order valence-electron chi connectivity index (χ4n) is 3.50. The number of nitrogens with zero attached hydrogens (tertiary/aromatic N) is 1. The van der Waals surface area contributed by atoms with Gasteiger partial charge >= 0.3 is 0 Å². The van der Waals surface area contributed by atoms with E-state index < -0.39 is 0 Å². The Bertz CT molecular complexity index is 223. The topological polar surface area (TPSA) is 35.5 Å². The van der Waals surface area contributed by atoms with Crippen molar-refractivity contribution in [3.05, 3.63) is 0 Å². The molecule has 0 aromatic rings. The van der Waals surface area contributed by atoms with E-state index >= 15 is 0 Å². The average molecular weight is 256 g/mol. The van der Waals surface area contributed by atoms with Crippen molar-refractivity contribution in [2.24, 2.45) is 5.92 Å². The SMILES string of the molecule is CCCN(CC)CCC1CCCC1(CO)NCC. The lowest BCUT2D eigenvalue weighted by Crippen LogP contribution is -2.52. The lowest BCUT2D eigenvalue weighted by molar-refractivity contribution is 0.113. The second-order valence-electron chi connectivity index (χ2n) is 5.66. The van der Waals surface area contributed by atoms with E-state index in [0.29, 0.717) is 12.5 Å². The first-order valence-corrected chi connectivity index (χ1v) is 7.80. The molecule has 0 aromatic heterocycles. The minimum Gasteiger partial charge on any atom is -0.394 e. The van der Waals surface area contributed by atoms with Crippen LogP contribution in [0.1, 0.15) is 52.9 Å². The van der Waals surface area contributed by atoms with Gasteiger partial charge in [-0.15, -0.1) is 0 Å². The molecule has 0 aromatic carbocycles. The summed E-state index contributed by atoms with van der Waals surface area (Å²) in [7, 11) is 0. The van der Waals surface area contributed by atoms with Crippen LogP contribution in [-0.4, -0.2) is 48.3 Å². The number of hydrogen-bond donors (Lipinski definition) is 2. The maximum Gasteiger partial charge on any atom is 0.0616 e. The van der Waals surface area contributed by atoms with Crippen molar-refractivity contribution < 1.29 is 5.11 Å². The van der Waals surface area contributed by atoms with Crippen LogP contribution in [-0.2, 0) is 0 Å². The lowest BCUT2D eigenvalue weighted by Gasteiger charge is -2.36. The third-order valence-corrected chi connectivity index (χ3v) is 4.55. The highest BCUT2D eigenvalue weighted by Crippen LogP contribution is 2.37. The van der Waals surface area contributed by atoms with Crippen molar-refractivity contribution in [3.63, 3.8) is 0 Å². The number of likely N-dealkylation sites (N-methyl/N-ethyl adjacent to an activating group) is 1. The molecule has 1 aliphatic rings. The van der Waals surface area contributed by atoms with Gasteiger partial charge in [0, 0.05) is 5.54 Å². The maximum absolute atomic E-state index is 9.77. The molecule has 1 aliphatic carbocycles. The largest absolute Gasteiger partial charge is 0.394 e. The first-order valence-electron chi connectivity index (χ1n) is 7.80. The van der Waals surface area contributed by atoms with Crippen LogP contribution in [0.15, 0.2) is 0 Å². The van der Waals surface area contributed by atoms with Gasteiger partial charge in [-0.2, -0.15) is 0 Å². The van der Waals surface area contributed by atoms with Gasteiger partial charge in [-0.05, 0) is 57.8 Å². The van der Waals surface area contributed by atoms with Gasteiger partial charge in [0.1, 0.15) is 0 Å². The van der Waals surface area contributed by atoms with Crippen molar-refractivity contribution in [3.8, 4) is 0 Å². The molecule has 0 saturated heterocycles. The second kappa shape index (κ2) is 8.13. The fourth-order valence-corrected chi connectivity index (χ4v) is 3.50. The molecule has 2 atom stereocenters. The standard InChI is InChI=1S/C15H32N2O/c1-4-11-17(6-3)12-9-14-8-7-10-15(14,13-18)16-5-2/h14,16,18H,4-13H2,1-3H3. The molecule has 3 heteroatoms. The highest BCUT2D eigenvalue weighted by atomic mass is 16.3. The Morgan fingerprint density at radius 2 is 2.06 bits per heavy atom. The van der Waals surface area contributed by atoms with Gasteiger partial charge in [-0.25, -0.2) is 0 Å². The monoisotopic (exact) mass is 256 g/mol. The summed E-state index contributed by atoms with van der Waals surface area (Å²) in [4.78, 5) is 2.53. The van der Waals surface area contributed by atoms with Gasteiger partial charge in [0.25, 0.3) is 0 Å². The van der Waals surface area contributed by atoms with Gasteiger partial charge in [-0.1, -0.05) is 27.2 Å². The molecule has 0 aliphatic heterocycles. The molecule has 1 fully saturated rings. The van der Waals surface area contributed by atoms with Gasteiger partial charge in [0.05, 0.1) is 6.61 Å². The Morgan fingerprint density at radius 1 is 1.28 bits per heavy atom. The van der Waals surface area contributed by atoms with Crippen LogP contribution in [0.3, 0.4) is 0 Å². The van der Waals surface area contributed by atoms with Crippen LogP contribution >= 0.6 is 0 Å². The molecule has 2 N–H and O–H groups in total. The zero-order valence-corrected chi connectivity index (χ0v) is 12.5. The van der Waals surface area contributed by atoms with Crippen LogP contribution in [0, 0.1) is 5.92 Å². The molecule has 1 saturated carbocycles. The first kappa shape index (κ1) is 15.9. The fraction of sp³-hybridized carbons (Fsp3) is 1.00. The zero-order chi connectivity index (χ0) is 13.4. The Balaban J connectivity index is 2.48. The van der Waals surface area contributed by atoms with Gasteiger partial charge in [-0.3, -0.25) is 0 Å². The van der Waals surface area contributed by atoms with Crippen molar-refractivity contribution >= 4 is 0 Å². The lowest BCUT2D eigenvalue weighted by atomic mass is 9.85. The van der Waals surface area contributed by atoms with Crippen molar-refractivity contribution in [2.45, 2.75) is 58.4 Å². The van der Waals surface area contributed by atoms with Gasteiger partial charge in [0.15, 0.2) is 0 Å². The summed E-state index contributed by atoms with van der Waals surface area (Å²) in [6, 6.07) is 0. The molecule has 1 rings (SSSR count). The normalized spacial score (nSPS) is 28.2. The third kappa shape index (κ3) is 3.94. The summed E-state index contributed by atoms with van der Waals surface area (Å²) in [6.45, 7) is 11.4. The molecule has 108 valence electrons. The van der Waals surface area contributed by atoms with E-state index in [-0.39, 0.29) is 5.54 Å². The first-order chi connectivity index (χ1) is 8.72. The molecule has 0 radical (unpaired) electrons. The van der Waals surface area contributed by atoms with Crippen molar-refractivity contribution in [1.29, 1.82) is 0 Å². The minimum atomic E-state index is 0.0143. The number of hydrogen-bond acceptors (Lipinski definition) is 3. The number of nitrogens with one attached hydrogen (secondary N) is 1. The zero-order valence-electron chi connectivity index (χ0n) is 12.5. The minimum absolute atomic E-state index is 0.0143. The quantitative estimate of drug-likeness (QED) is 0.664. The van der Waals surface area contributed by atoms with Gasteiger partial charge < -0.3 is 15.3 Å². The van der Waals surface area contributed by atoms with E-state index in [1.165, 1.54) is 38.8 Å². The molecule has 0 heterocycles. The summed E-state index contributed by atoms with van der Waals surface area (Å²) < 4.78 is 0. The number of rotatable bonds is 9. The van der Waals surface area contributed by atoms with Gasteiger partial charge in [0.2, 0.25) is 0 Å². The van der Waals surface area contributed by atoms with Crippen LogP contribution in [0.5, 0.6) is 0 Å². The van der Waals surface area contributed by atoms with E-state index in [0.717, 1.165) is 19.5 Å². The Morgan fingerprint density at radius 3 is 2.61 bits per heavy atom. The van der Waals surface area contributed by atoms with E-state index in [1.807, 2.05) is 0 Å². The van der Waals surface area contributed by atoms with Crippen LogP contribution in [0.2, 0.25) is 0 Å². The maximum atomic E-state index is 9.77. The molecular formula is C15H32N2O. The summed E-state index contributed by atoms with van der Waals surface area (Å²) >= 11 is 0. The van der Waals surface area contributed by atoms with E-state index in [9.17, 15) is 5.11 Å². The third-order valence-electron chi connectivity index (χ3n) is 4.55. The van der Waals surface area contributed by atoms with Crippen molar-refractivity contribution in [1.82, 2.24) is 10.2 Å². The smallest absolute Gasteiger partial charge is 0.0616 e. The predicted octanol–water partition coefficient (Wildman–Crippen LogP) is 2.25. The molecule has 3 nitrogen and oxygen atoms in total. The second-order valence-corrected chi connectivity index (χ2v) is 5.66. The molecule has 0 spiro atoms. The average Bonchev–Trinajstić information content (AvgIpc) is 2.78. The number of aliphatic hydroxyl groups is 1. The Labute approximate surface area is 113 Å². The molecule has 18 heavy (non-hydrogen) atoms. The summed E-state index contributed by atoms with van der Waals surface area (Å²) in [5, 5.41) is 13.3. The number of aliphatic hydroxyl groups excluding tert-OH is 1. The van der Waals surface area contributed by atoms with E-state index in [1.54, 1.807) is 0 Å². The van der Waals surface area contributed by atoms with Crippen molar-refractivity contribution in [2.75, 3.05) is 32.8 Å². The molecule has 0 amide bonds. The highest BCUT2D eigenvalue weighted by Gasteiger charge is 2.41. The molecule has 2 unspecified atom stereocenters. The summed E-state index contributed by atoms with van der Waals surface area (Å²) in [5.41, 5.74) is 0.0143. The van der Waals surface area contributed by atoms with Crippen LogP contribution in [0.4, 0.5) is 0 Å². The van der Waals surface area contributed by atoms with Crippen LogP contribution < -0.4 is 5.32 Å². The van der Waals surface area contributed by atoms with E-state index in [4.69, 9.17) is 0 Å². The Hall–Kier alpha value is -0.120.